The lowest BCUT2D eigenvalue weighted by atomic mass is 10.0. The van der Waals surface area contributed by atoms with E-state index in [-0.39, 0.29) is 12.6 Å². The normalized spacial score (nSPS) is 9.88. The van der Waals surface area contributed by atoms with Crippen molar-refractivity contribution in [3.05, 3.63) is 66.2 Å². The van der Waals surface area contributed by atoms with Gasteiger partial charge in [0.25, 0.3) is 0 Å². The van der Waals surface area contributed by atoms with Gasteiger partial charge in [-0.1, -0.05) is 44.2 Å². The molecule has 176 valence electrons. The molecule has 0 fully saturated rings. The molecule has 7 nitrogen and oxygen atoms in total. The van der Waals surface area contributed by atoms with Crippen molar-refractivity contribution in [2.45, 2.75) is 20.3 Å². The Hall–Kier alpha value is -3.71. The second kappa shape index (κ2) is 13.0. The van der Waals surface area contributed by atoms with E-state index in [1.165, 1.54) is 0 Å². The van der Waals surface area contributed by atoms with E-state index in [0.717, 1.165) is 16.7 Å². The van der Waals surface area contributed by atoms with E-state index in [1.54, 1.807) is 33.5 Å². The Balaban J connectivity index is 0.00000187. The minimum absolute atomic E-state index is 0.0111. The number of aliphatic hydroxyl groups excluding tert-OH is 1. The van der Waals surface area contributed by atoms with Crippen LogP contribution >= 0.6 is 0 Å². The molecule has 3 N–H and O–H groups in total. The Labute approximate surface area is 195 Å². The van der Waals surface area contributed by atoms with E-state index < -0.39 is 0 Å². The maximum atomic E-state index is 12.5. The Kier molecular flexibility index (Phi) is 10.0. The molecule has 0 atom stereocenters. The van der Waals surface area contributed by atoms with Gasteiger partial charge in [-0.3, -0.25) is 0 Å². The lowest BCUT2D eigenvalue weighted by Gasteiger charge is -2.15. The van der Waals surface area contributed by atoms with Crippen molar-refractivity contribution in [1.29, 1.82) is 0 Å². The SMILES string of the molecule is CC.COc1cc(-c2cccc(NC(=O)Nc3ccccc3CCO)c2)cc(OC)c1OC. The zero-order valence-electron chi connectivity index (χ0n) is 19.8. The number of rotatable bonds is 8. The van der Waals surface area contributed by atoms with Crippen LogP contribution in [0.5, 0.6) is 17.2 Å². The van der Waals surface area contributed by atoms with Gasteiger partial charge >= 0.3 is 6.03 Å². The smallest absolute Gasteiger partial charge is 0.323 e. The van der Waals surface area contributed by atoms with Crippen LogP contribution in [0.25, 0.3) is 11.1 Å². The van der Waals surface area contributed by atoms with Crippen molar-refractivity contribution < 1.29 is 24.1 Å². The molecule has 3 aromatic carbocycles. The van der Waals surface area contributed by atoms with Gasteiger partial charge in [0.2, 0.25) is 5.75 Å². The number of ether oxygens (including phenoxy) is 3. The molecule has 3 rings (SSSR count). The number of urea groups is 1. The predicted octanol–water partition coefficient (Wildman–Crippen LogP) is 5.58. The van der Waals surface area contributed by atoms with Gasteiger partial charge in [0.15, 0.2) is 11.5 Å². The fraction of sp³-hybridized carbons (Fsp3) is 0.269. The van der Waals surface area contributed by atoms with Gasteiger partial charge in [-0.2, -0.15) is 0 Å². The number of aliphatic hydroxyl groups is 1. The van der Waals surface area contributed by atoms with Gasteiger partial charge in [-0.05, 0) is 53.4 Å². The predicted molar refractivity (Wildman–Crippen MR) is 133 cm³/mol. The molecule has 7 heteroatoms. The number of hydrogen-bond acceptors (Lipinski definition) is 5. The van der Waals surface area contributed by atoms with E-state index in [1.807, 2.05) is 62.4 Å². The van der Waals surface area contributed by atoms with Gasteiger partial charge < -0.3 is 30.0 Å². The molecule has 0 aromatic heterocycles. The van der Waals surface area contributed by atoms with Crippen LogP contribution in [0, 0.1) is 0 Å². The third-order valence-electron chi connectivity index (χ3n) is 4.77. The van der Waals surface area contributed by atoms with Gasteiger partial charge in [0, 0.05) is 18.0 Å². The number of amides is 2. The molecular weight excluding hydrogens is 420 g/mol. The first-order valence-corrected chi connectivity index (χ1v) is 10.8. The van der Waals surface area contributed by atoms with Gasteiger partial charge in [0.05, 0.1) is 21.3 Å². The number of carbonyl (C=O) groups is 1. The van der Waals surface area contributed by atoms with Crippen LogP contribution < -0.4 is 24.8 Å². The van der Waals surface area contributed by atoms with Crippen molar-refractivity contribution in [2.24, 2.45) is 0 Å². The molecule has 0 heterocycles. The van der Waals surface area contributed by atoms with Crippen LogP contribution in [0.1, 0.15) is 19.4 Å². The van der Waals surface area contributed by atoms with Crippen LogP contribution in [0.4, 0.5) is 16.2 Å². The van der Waals surface area contributed by atoms with Gasteiger partial charge in [0.1, 0.15) is 0 Å². The molecule has 0 radical (unpaired) electrons. The van der Waals surface area contributed by atoms with Crippen LogP contribution in [0.3, 0.4) is 0 Å². The zero-order valence-corrected chi connectivity index (χ0v) is 19.8. The van der Waals surface area contributed by atoms with E-state index in [4.69, 9.17) is 14.2 Å². The van der Waals surface area contributed by atoms with E-state index in [9.17, 15) is 9.90 Å². The molecule has 0 spiro atoms. The summed E-state index contributed by atoms with van der Waals surface area (Å²) in [6.45, 7) is 4.01. The highest BCUT2D eigenvalue weighted by atomic mass is 16.5. The molecule has 0 bridgehead atoms. The lowest BCUT2D eigenvalue weighted by molar-refractivity contribution is 0.262. The number of carbonyl (C=O) groups excluding carboxylic acids is 1. The number of benzene rings is 3. The summed E-state index contributed by atoms with van der Waals surface area (Å²) < 4.78 is 16.2. The first-order valence-electron chi connectivity index (χ1n) is 10.8. The van der Waals surface area contributed by atoms with Crippen LogP contribution in [-0.2, 0) is 6.42 Å². The molecule has 0 aliphatic carbocycles. The highest BCUT2D eigenvalue weighted by molar-refractivity contribution is 6.00. The minimum Gasteiger partial charge on any atom is -0.493 e. The maximum Gasteiger partial charge on any atom is 0.323 e. The van der Waals surface area contributed by atoms with Crippen LogP contribution in [0.15, 0.2) is 60.7 Å². The fourth-order valence-corrected chi connectivity index (χ4v) is 3.29. The maximum absolute atomic E-state index is 12.5. The third-order valence-corrected chi connectivity index (χ3v) is 4.77. The molecule has 33 heavy (non-hydrogen) atoms. The topological polar surface area (TPSA) is 89.1 Å². The van der Waals surface area contributed by atoms with Crippen LogP contribution in [-0.4, -0.2) is 39.1 Å². The summed E-state index contributed by atoms with van der Waals surface area (Å²) in [6.07, 6.45) is 0.465. The van der Waals surface area contributed by atoms with Gasteiger partial charge in [-0.25, -0.2) is 4.79 Å². The summed E-state index contributed by atoms with van der Waals surface area (Å²) in [5.74, 6) is 1.62. The molecule has 0 aliphatic heterocycles. The molecule has 0 unspecified atom stereocenters. The van der Waals surface area contributed by atoms with Crippen molar-refractivity contribution in [3.8, 4) is 28.4 Å². The largest absolute Gasteiger partial charge is 0.493 e. The average molecular weight is 453 g/mol. The zero-order chi connectivity index (χ0) is 24.2. The van der Waals surface area contributed by atoms with E-state index in [0.29, 0.717) is 35.0 Å². The monoisotopic (exact) mass is 452 g/mol. The number of hydrogen-bond donors (Lipinski definition) is 3. The summed E-state index contributed by atoms with van der Waals surface area (Å²) in [6, 6.07) is 18.2. The Morgan fingerprint density at radius 3 is 2.09 bits per heavy atom. The molecule has 2 amide bonds. The quantitative estimate of drug-likeness (QED) is 0.415. The summed E-state index contributed by atoms with van der Waals surface area (Å²) in [5, 5.41) is 14.9. The van der Waals surface area contributed by atoms with Crippen LogP contribution in [0.2, 0.25) is 0 Å². The number of methoxy groups -OCH3 is 3. The Morgan fingerprint density at radius 2 is 1.48 bits per heavy atom. The fourth-order valence-electron chi connectivity index (χ4n) is 3.29. The first kappa shape index (κ1) is 25.5. The first-order chi connectivity index (χ1) is 16.1. The highest BCUT2D eigenvalue weighted by Crippen LogP contribution is 2.41. The third kappa shape index (κ3) is 6.63. The van der Waals surface area contributed by atoms with Gasteiger partial charge in [-0.15, -0.1) is 0 Å². The highest BCUT2D eigenvalue weighted by Gasteiger charge is 2.14. The summed E-state index contributed by atoms with van der Waals surface area (Å²) in [4.78, 5) is 12.5. The summed E-state index contributed by atoms with van der Waals surface area (Å²) in [7, 11) is 4.69. The Bertz CT molecular complexity index is 1030. The molecule has 0 saturated heterocycles. The molecule has 3 aromatic rings. The summed E-state index contributed by atoms with van der Waals surface area (Å²) >= 11 is 0. The lowest BCUT2D eigenvalue weighted by Crippen LogP contribution is -2.20. The van der Waals surface area contributed by atoms with E-state index in [2.05, 4.69) is 10.6 Å². The molecular formula is C26H32N2O5. The van der Waals surface area contributed by atoms with E-state index >= 15 is 0 Å². The number of anilines is 2. The Morgan fingerprint density at radius 1 is 0.818 bits per heavy atom. The standard InChI is InChI=1S/C24H26N2O5.C2H6/c1-29-21-14-18(15-22(30-2)23(21)31-3)17-8-6-9-19(13-17)25-24(28)26-20-10-5-4-7-16(20)11-12-27;1-2/h4-10,13-15,27H,11-12H2,1-3H3,(H2,25,26,28);1-2H3. The molecule has 0 saturated carbocycles. The second-order valence-electron chi connectivity index (χ2n) is 6.70. The van der Waals surface area contributed by atoms with Crippen molar-refractivity contribution in [3.63, 3.8) is 0 Å². The number of nitrogens with one attached hydrogen (secondary N) is 2. The minimum atomic E-state index is -0.368. The second-order valence-corrected chi connectivity index (χ2v) is 6.70. The summed E-state index contributed by atoms with van der Waals surface area (Å²) in [5.41, 5.74) is 3.88. The van der Waals surface area contributed by atoms with Crippen molar-refractivity contribution in [2.75, 3.05) is 38.6 Å². The average Bonchev–Trinajstić information content (AvgIpc) is 2.85. The number of para-hydroxylation sites is 1. The van der Waals surface area contributed by atoms with Crippen molar-refractivity contribution in [1.82, 2.24) is 0 Å². The molecule has 0 aliphatic rings. The van der Waals surface area contributed by atoms with Crippen molar-refractivity contribution >= 4 is 17.4 Å².